The maximum atomic E-state index is 6.18. The van der Waals surface area contributed by atoms with Crippen LogP contribution in [0.4, 0.5) is 0 Å². The Morgan fingerprint density at radius 1 is 1.32 bits per heavy atom. The van der Waals surface area contributed by atoms with Crippen LogP contribution in [-0.2, 0) is 19.4 Å². The third-order valence-electron chi connectivity index (χ3n) is 4.10. The first-order valence-corrected chi connectivity index (χ1v) is 7.72. The van der Waals surface area contributed by atoms with Crippen LogP contribution in [0.5, 0.6) is 0 Å². The molecule has 0 saturated heterocycles. The van der Waals surface area contributed by atoms with Gasteiger partial charge in [-0.25, -0.2) is 4.98 Å². The fourth-order valence-corrected chi connectivity index (χ4v) is 3.09. The normalized spacial score (nSPS) is 17.4. The summed E-state index contributed by atoms with van der Waals surface area (Å²) < 4.78 is 7.63. The van der Waals surface area contributed by atoms with Crippen molar-refractivity contribution in [3.8, 4) is 0 Å². The summed E-state index contributed by atoms with van der Waals surface area (Å²) in [7, 11) is 0. The average molecular weight is 315 g/mol. The molecule has 0 spiro atoms. The van der Waals surface area contributed by atoms with E-state index >= 15 is 0 Å². The van der Waals surface area contributed by atoms with Crippen LogP contribution in [0.25, 0.3) is 0 Å². The lowest BCUT2D eigenvalue weighted by atomic mass is 9.98. The molecule has 112 valence electrons. The van der Waals surface area contributed by atoms with Crippen molar-refractivity contribution in [2.24, 2.45) is 0 Å². The summed E-state index contributed by atoms with van der Waals surface area (Å²) in [6.07, 6.45) is 6.38. The second kappa shape index (κ2) is 5.57. The van der Waals surface area contributed by atoms with Gasteiger partial charge in [-0.3, -0.25) is 0 Å². The zero-order valence-electron chi connectivity index (χ0n) is 11.9. The van der Waals surface area contributed by atoms with Crippen molar-refractivity contribution in [3.63, 3.8) is 0 Å². The third kappa shape index (κ3) is 2.52. The van der Waals surface area contributed by atoms with Crippen molar-refractivity contribution in [1.29, 1.82) is 0 Å². The lowest BCUT2D eigenvalue weighted by Gasteiger charge is -2.20. The molecule has 0 radical (unpaired) electrons. The van der Waals surface area contributed by atoms with Crippen molar-refractivity contribution in [2.45, 2.75) is 31.7 Å². The van der Waals surface area contributed by atoms with E-state index in [1.807, 2.05) is 36.8 Å². The van der Waals surface area contributed by atoms with Crippen LogP contribution < -0.4 is 0 Å². The molecule has 3 heterocycles. The van der Waals surface area contributed by atoms with Crippen LogP contribution in [0.15, 0.2) is 41.3 Å². The topological polar surface area (TPSA) is 56.7 Å². The molecule has 0 fully saturated rings. The van der Waals surface area contributed by atoms with Gasteiger partial charge >= 0.3 is 0 Å². The number of nitrogens with zero attached hydrogens (tertiary/aromatic N) is 4. The minimum absolute atomic E-state index is 0.259. The van der Waals surface area contributed by atoms with E-state index < -0.39 is 0 Å². The van der Waals surface area contributed by atoms with Crippen molar-refractivity contribution in [3.05, 3.63) is 64.8 Å². The highest BCUT2D eigenvalue weighted by atomic mass is 35.5. The van der Waals surface area contributed by atoms with Crippen LogP contribution in [0.1, 0.15) is 35.3 Å². The van der Waals surface area contributed by atoms with E-state index in [-0.39, 0.29) is 5.92 Å². The van der Waals surface area contributed by atoms with Gasteiger partial charge in [0.05, 0.1) is 12.2 Å². The minimum Gasteiger partial charge on any atom is -0.339 e. The lowest BCUT2D eigenvalue weighted by molar-refractivity contribution is 0.316. The smallest absolute Gasteiger partial charge is 0.231 e. The number of fused-ring (bicyclic) bond motifs is 1. The number of hydrogen-bond acceptors (Lipinski definition) is 4. The Kier molecular flexibility index (Phi) is 3.42. The third-order valence-corrected chi connectivity index (χ3v) is 4.47. The first-order valence-electron chi connectivity index (χ1n) is 7.34. The van der Waals surface area contributed by atoms with Gasteiger partial charge in [-0.1, -0.05) is 35.0 Å². The summed E-state index contributed by atoms with van der Waals surface area (Å²) in [5.74, 6) is 1.65. The Morgan fingerprint density at radius 3 is 3.14 bits per heavy atom. The predicted octanol–water partition coefficient (Wildman–Crippen LogP) is 3.24. The number of aryl methyl sites for hydroxylation is 1. The first-order chi connectivity index (χ1) is 10.8. The molecule has 5 nitrogen and oxygen atoms in total. The Labute approximate surface area is 132 Å². The van der Waals surface area contributed by atoms with Gasteiger partial charge in [0.1, 0.15) is 0 Å². The Morgan fingerprint density at radius 2 is 2.23 bits per heavy atom. The highest BCUT2D eigenvalue weighted by Gasteiger charge is 2.24. The first kappa shape index (κ1) is 13.5. The molecule has 0 N–H and O–H groups in total. The van der Waals surface area contributed by atoms with Gasteiger partial charge < -0.3 is 9.09 Å². The molecule has 3 aromatic rings. The molecule has 4 rings (SSSR count). The maximum Gasteiger partial charge on any atom is 0.231 e. The Hall–Kier alpha value is -2.14. The van der Waals surface area contributed by atoms with E-state index in [4.69, 9.17) is 16.1 Å². The summed E-state index contributed by atoms with van der Waals surface area (Å²) in [6.45, 7) is 0.850. The van der Waals surface area contributed by atoms with Crippen molar-refractivity contribution in [2.75, 3.05) is 0 Å². The van der Waals surface area contributed by atoms with Crippen molar-refractivity contribution < 1.29 is 4.52 Å². The fourth-order valence-electron chi connectivity index (χ4n) is 2.89. The molecule has 1 aromatic carbocycles. The zero-order valence-corrected chi connectivity index (χ0v) is 12.7. The molecule has 1 atom stereocenters. The quantitative estimate of drug-likeness (QED) is 0.744. The van der Waals surface area contributed by atoms with Gasteiger partial charge in [0, 0.05) is 29.9 Å². The standard InChI is InChI=1S/C16H15ClN4O/c17-14-4-2-1-3-11(14)7-15-19-16(22-20-15)12-5-6-13-8-18-10-21(13)9-12/h1-4,8,10,12H,5-7,9H2. The van der Waals surface area contributed by atoms with Crippen LogP contribution in [0.3, 0.4) is 0 Å². The lowest BCUT2D eigenvalue weighted by Crippen LogP contribution is -2.18. The molecule has 1 unspecified atom stereocenters. The maximum absolute atomic E-state index is 6.18. The van der Waals surface area contributed by atoms with Crippen LogP contribution in [-0.4, -0.2) is 19.7 Å². The number of imidazole rings is 1. The molecule has 0 amide bonds. The van der Waals surface area contributed by atoms with E-state index in [2.05, 4.69) is 19.7 Å². The average Bonchev–Trinajstić information content (AvgIpc) is 3.17. The number of benzene rings is 1. The summed E-state index contributed by atoms with van der Waals surface area (Å²) >= 11 is 6.18. The number of halogens is 1. The van der Waals surface area contributed by atoms with Crippen LogP contribution in [0.2, 0.25) is 5.02 Å². The monoisotopic (exact) mass is 314 g/mol. The summed E-state index contributed by atoms with van der Waals surface area (Å²) in [4.78, 5) is 8.74. The van der Waals surface area contributed by atoms with Gasteiger partial charge in [-0.15, -0.1) is 0 Å². The minimum atomic E-state index is 0.259. The Balaban J connectivity index is 1.52. The molecular formula is C16H15ClN4O. The molecule has 6 heteroatoms. The van der Waals surface area contributed by atoms with Gasteiger partial charge in [0.25, 0.3) is 0 Å². The molecular weight excluding hydrogens is 300 g/mol. The van der Waals surface area contributed by atoms with Gasteiger partial charge in [0.15, 0.2) is 5.82 Å². The van der Waals surface area contributed by atoms with Gasteiger partial charge in [-0.05, 0) is 24.5 Å². The van der Waals surface area contributed by atoms with E-state index in [9.17, 15) is 0 Å². The highest BCUT2D eigenvalue weighted by molar-refractivity contribution is 6.31. The highest BCUT2D eigenvalue weighted by Crippen LogP contribution is 2.28. The van der Waals surface area contributed by atoms with Crippen molar-refractivity contribution in [1.82, 2.24) is 19.7 Å². The summed E-state index contributed by atoms with van der Waals surface area (Å²) in [5.41, 5.74) is 2.28. The Bertz CT molecular complexity index is 795. The molecule has 1 aliphatic heterocycles. The fraction of sp³-hybridized carbons (Fsp3) is 0.312. The van der Waals surface area contributed by atoms with Crippen molar-refractivity contribution >= 4 is 11.6 Å². The summed E-state index contributed by atoms with van der Waals surface area (Å²) in [6, 6.07) is 7.73. The number of hydrogen-bond donors (Lipinski definition) is 0. The second-order valence-corrected chi connectivity index (χ2v) is 6.00. The molecule has 0 saturated carbocycles. The molecule has 2 aromatic heterocycles. The molecule has 0 aliphatic carbocycles. The van der Waals surface area contributed by atoms with Gasteiger partial charge in [-0.2, -0.15) is 4.98 Å². The molecule has 1 aliphatic rings. The van der Waals surface area contributed by atoms with Crippen LogP contribution in [0, 0.1) is 0 Å². The summed E-state index contributed by atoms with van der Waals surface area (Å²) in [5, 5.41) is 4.83. The van der Waals surface area contributed by atoms with Gasteiger partial charge in [0.2, 0.25) is 5.89 Å². The zero-order chi connectivity index (χ0) is 14.9. The SMILES string of the molecule is Clc1ccccc1Cc1noc(C2CCc3cncn3C2)n1. The predicted molar refractivity (Wildman–Crippen MR) is 81.8 cm³/mol. The largest absolute Gasteiger partial charge is 0.339 e. The number of rotatable bonds is 3. The number of aromatic nitrogens is 4. The van der Waals surface area contributed by atoms with Crippen LogP contribution >= 0.6 is 11.6 Å². The van der Waals surface area contributed by atoms with E-state index in [1.54, 1.807) is 0 Å². The molecule has 22 heavy (non-hydrogen) atoms. The van der Waals surface area contributed by atoms with E-state index in [1.165, 1.54) is 5.69 Å². The van der Waals surface area contributed by atoms with E-state index in [0.29, 0.717) is 18.1 Å². The molecule has 0 bridgehead atoms. The van der Waals surface area contributed by atoms with E-state index in [0.717, 1.165) is 30.0 Å². The second-order valence-electron chi connectivity index (χ2n) is 5.59.